The number of hydrogen-bond donors (Lipinski definition) is 3. The van der Waals surface area contributed by atoms with Crippen LogP contribution in [0.1, 0.15) is 25.8 Å². The predicted octanol–water partition coefficient (Wildman–Crippen LogP) is 1.89. The minimum Gasteiger partial charge on any atom is -0.342 e. The van der Waals surface area contributed by atoms with E-state index >= 15 is 0 Å². The second-order valence-corrected chi connectivity index (χ2v) is 7.64. The van der Waals surface area contributed by atoms with Gasteiger partial charge >= 0.3 is 6.03 Å². The summed E-state index contributed by atoms with van der Waals surface area (Å²) >= 11 is 6.06. The molecule has 0 spiro atoms. The molecule has 1 aromatic carbocycles. The topological polar surface area (TPSA) is 90.5 Å². The van der Waals surface area contributed by atoms with E-state index in [1.54, 1.807) is 17.0 Å². The lowest BCUT2D eigenvalue weighted by Crippen LogP contribution is -2.62. The summed E-state index contributed by atoms with van der Waals surface area (Å²) in [6, 6.07) is 3.59. The Kier molecular flexibility index (Phi) is 5.09. The molecule has 3 atom stereocenters. The Hall–Kier alpha value is -2.28. The van der Waals surface area contributed by atoms with Crippen molar-refractivity contribution >= 4 is 35.1 Å². The van der Waals surface area contributed by atoms with E-state index in [0.717, 1.165) is 5.56 Å². The first kappa shape index (κ1) is 18.5. The summed E-state index contributed by atoms with van der Waals surface area (Å²) < 4.78 is 0. The van der Waals surface area contributed by atoms with Gasteiger partial charge in [0.25, 0.3) is 0 Å². The fourth-order valence-electron chi connectivity index (χ4n) is 3.40. The van der Waals surface area contributed by atoms with Gasteiger partial charge in [0.15, 0.2) is 0 Å². The van der Waals surface area contributed by atoms with Gasteiger partial charge in [0.2, 0.25) is 11.8 Å². The average molecular weight is 379 g/mol. The number of carbonyl (C=O) groups is 3. The number of hydrogen-bond acceptors (Lipinski definition) is 3. The third-order valence-corrected chi connectivity index (χ3v) is 5.29. The third-order valence-electron chi connectivity index (χ3n) is 4.88. The van der Waals surface area contributed by atoms with Crippen molar-refractivity contribution in [2.45, 2.75) is 45.3 Å². The van der Waals surface area contributed by atoms with Crippen molar-refractivity contribution in [1.82, 2.24) is 15.5 Å². The largest absolute Gasteiger partial charge is 0.342 e. The quantitative estimate of drug-likeness (QED) is 0.750. The molecule has 2 aliphatic rings. The molecule has 0 saturated carbocycles. The van der Waals surface area contributed by atoms with Gasteiger partial charge in [0.05, 0.1) is 6.04 Å². The van der Waals surface area contributed by atoms with Gasteiger partial charge in [-0.1, -0.05) is 31.5 Å². The van der Waals surface area contributed by atoms with Crippen molar-refractivity contribution in [2.24, 2.45) is 5.92 Å². The van der Waals surface area contributed by atoms with Gasteiger partial charge in [-0.2, -0.15) is 0 Å². The summed E-state index contributed by atoms with van der Waals surface area (Å²) in [4.78, 5) is 38.7. The maximum Gasteiger partial charge on any atom is 0.319 e. The Balaban J connectivity index is 1.61. The van der Waals surface area contributed by atoms with Crippen LogP contribution in [0, 0.1) is 12.8 Å². The Bertz CT molecular complexity index is 752. The molecule has 8 heteroatoms. The smallest absolute Gasteiger partial charge is 0.319 e. The van der Waals surface area contributed by atoms with E-state index in [-0.39, 0.29) is 29.8 Å². The van der Waals surface area contributed by atoms with Crippen LogP contribution in [0.4, 0.5) is 10.5 Å². The zero-order valence-electron chi connectivity index (χ0n) is 15.0. The molecule has 3 N–H and O–H groups in total. The molecule has 3 rings (SSSR count). The molecule has 2 heterocycles. The van der Waals surface area contributed by atoms with Crippen molar-refractivity contribution in [2.75, 3.05) is 11.9 Å². The fourth-order valence-corrected chi connectivity index (χ4v) is 3.58. The van der Waals surface area contributed by atoms with Gasteiger partial charge in [-0.25, -0.2) is 4.79 Å². The zero-order valence-corrected chi connectivity index (χ0v) is 15.8. The monoisotopic (exact) mass is 378 g/mol. The van der Waals surface area contributed by atoms with Crippen molar-refractivity contribution in [3.8, 4) is 0 Å². The van der Waals surface area contributed by atoms with Gasteiger partial charge < -0.3 is 20.9 Å². The highest BCUT2D eigenvalue weighted by Gasteiger charge is 2.47. The Labute approximate surface area is 157 Å². The molecule has 2 fully saturated rings. The standard InChI is InChI=1S/C18H23ClN4O3/c1-9(2)15-17(25)23-8-12(7-14(23)16(24)22-15)21-18(26)20-11-5-4-10(3)13(19)6-11/h4-6,9,12,14-15H,7-8H2,1-3H3,(H,22,24)(H2,20,21,26)/t12-,14-,15-/m0/s1. The second-order valence-electron chi connectivity index (χ2n) is 7.23. The minimum atomic E-state index is -0.517. The van der Waals surface area contributed by atoms with Crippen LogP contribution in [0.15, 0.2) is 18.2 Å². The number of benzene rings is 1. The SMILES string of the molecule is Cc1ccc(NC(=O)N[C@H]2C[C@H]3C(=O)N[C@@H](C(C)C)C(=O)N3C2)cc1Cl. The van der Waals surface area contributed by atoms with E-state index in [1.165, 1.54) is 0 Å². The first-order valence-electron chi connectivity index (χ1n) is 8.70. The minimum absolute atomic E-state index is 0.0222. The number of nitrogens with one attached hydrogen (secondary N) is 3. The van der Waals surface area contributed by atoms with E-state index in [9.17, 15) is 14.4 Å². The average Bonchev–Trinajstić information content (AvgIpc) is 2.98. The number of fused-ring (bicyclic) bond motifs is 1. The van der Waals surface area contributed by atoms with Crippen molar-refractivity contribution in [1.29, 1.82) is 0 Å². The third kappa shape index (κ3) is 3.62. The van der Waals surface area contributed by atoms with Crippen LogP contribution in [0.2, 0.25) is 5.02 Å². The Morgan fingerprint density at radius 1 is 1.35 bits per heavy atom. The van der Waals surface area contributed by atoms with Gasteiger partial charge in [0.1, 0.15) is 12.1 Å². The first-order valence-corrected chi connectivity index (χ1v) is 9.08. The number of carbonyl (C=O) groups excluding carboxylic acids is 3. The van der Waals surface area contributed by atoms with E-state index in [1.807, 2.05) is 26.8 Å². The van der Waals surface area contributed by atoms with Gasteiger partial charge in [-0.05, 0) is 37.0 Å². The number of nitrogens with zero attached hydrogens (tertiary/aromatic N) is 1. The molecule has 0 radical (unpaired) electrons. The predicted molar refractivity (Wildman–Crippen MR) is 99.0 cm³/mol. The van der Waals surface area contributed by atoms with Crippen molar-refractivity contribution < 1.29 is 14.4 Å². The summed E-state index contributed by atoms with van der Waals surface area (Å²) in [5.74, 6) is -0.216. The lowest BCUT2D eigenvalue weighted by Gasteiger charge is -2.36. The molecule has 2 aliphatic heterocycles. The molecule has 1 aromatic rings. The number of halogens is 1. The van der Waals surface area contributed by atoms with Crippen molar-refractivity contribution in [3.63, 3.8) is 0 Å². The van der Waals surface area contributed by atoms with Crippen LogP contribution in [-0.4, -0.2) is 47.4 Å². The molecule has 0 aliphatic carbocycles. The number of anilines is 1. The van der Waals surface area contributed by atoms with E-state index in [0.29, 0.717) is 23.7 Å². The Morgan fingerprint density at radius 2 is 2.08 bits per heavy atom. The number of rotatable bonds is 3. The van der Waals surface area contributed by atoms with Gasteiger partial charge in [-0.3, -0.25) is 9.59 Å². The zero-order chi connectivity index (χ0) is 19.0. The van der Waals surface area contributed by atoms with Crippen LogP contribution in [-0.2, 0) is 9.59 Å². The molecule has 2 saturated heterocycles. The first-order chi connectivity index (χ1) is 12.3. The number of piperazine rings is 1. The lowest BCUT2D eigenvalue weighted by molar-refractivity contribution is -0.148. The van der Waals surface area contributed by atoms with Crippen LogP contribution < -0.4 is 16.0 Å². The summed E-state index contributed by atoms with van der Waals surface area (Å²) in [5, 5.41) is 8.93. The summed E-state index contributed by atoms with van der Waals surface area (Å²) in [7, 11) is 0. The second kappa shape index (κ2) is 7.15. The maximum atomic E-state index is 12.6. The number of aryl methyl sites for hydroxylation is 1. The lowest BCUT2D eigenvalue weighted by atomic mass is 9.98. The molecule has 0 bridgehead atoms. The van der Waals surface area contributed by atoms with Crippen LogP contribution >= 0.6 is 11.6 Å². The molecule has 7 nitrogen and oxygen atoms in total. The van der Waals surface area contributed by atoms with Crippen molar-refractivity contribution in [3.05, 3.63) is 28.8 Å². The normalized spacial score (nSPS) is 25.1. The molecular formula is C18H23ClN4O3. The van der Waals surface area contributed by atoms with E-state index in [2.05, 4.69) is 16.0 Å². The van der Waals surface area contributed by atoms with Crippen LogP contribution in [0.25, 0.3) is 0 Å². The highest BCUT2D eigenvalue weighted by atomic mass is 35.5. The molecule has 26 heavy (non-hydrogen) atoms. The van der Waals surface area contributed by atoms with Gasteiger partial charge in [0, 0.05) is 17.3 Å². The highest BCUT2D eigenvalue weighted by molar-refractivity contribution is 6.31. The molecule has 4 amide bonds. The molecule has 0 aromatic heterocycles. The molecule has 0 unspecified atom stereocenters. The van der Waals surface area contributed by atoms with Crippen LogP contribution in [0.3, 0.4) is 0 Å². The van der Waals surface area contributed by atoms with E-state index < -0.39 is 12.1 Å². The summed E-state index contributed by atoms with van der Waals surface area (Å²) in [5.41, 5.74) is 1.51. The van der Waals surface area contributed by atoms with E-state index in [4.69, 9.17) is 11.6 Å². The highest BCUT2D eigenvalue weighted by Crippen LogP contribution is 2.25. The summed E-state index contributed by atoms with van der Waals surface area (Å²) in [6.07, 6.45) is 0.407. The Morgan fingerprint density at radius 3 is 2.73 bits per heavy atom. The van der Waals surface area contributed by atoms with Crippen LogP contribution in [0.5, 0.6) is 0 Å². The van der Waals surface area contributed by atoms with Gasteiger partial charge in [-0.15, -0.1) is 0 Å². The molecule has 140 valence electrons. The summed E-state index contributed by atoms with van der Waals surface area (Å²) in [6.45, 7) is 6.01. The number of amides is 4. The molecular weight excluding hydrogens is 356 g/mol. The fraction of sp³-hybridized carbons (Fsp3) is 0.500. The maximum absolute atomic E-state index is 12.6. The number of urea groups is 1.